The fraction of sp³-hybridized carbons (Fsp3) is 0.250. The number of aryl methyl sites for hydroxylation is 1. The van der Waals surface area contributed by atoms with E-state index in [1.165, 1.54) is 43.4 Å². The molecule has 1 aliphatic rings. The van der Waals surface area contributed by atoms with Crippen molar-refractivity contribution in [2.75, 3.05) is 24.4 Å². The van der Waals surface area contributed by atoms with E-state index in [2.05, 4.69) is 10.4 Å². The van der Waals surface area contributed by atoms with Crippen LogP contribution in [0.3, 0.4) is 0 Å². The van der Waals surface area contributed by atoms with E-state index in [9.17, 15) is 18.0 Å². The zero-order valence-electron chi connectivity index (χ0n) is 16.7. The number of hydrazone groups is 1. The summed E-state index contributed by atoms with van der Waals surface area (Å²) in [5.41, 5.74) is 1.96. The molecule has 0 saturated carbocycles. The molecule has 0 unspecified atom stereocenters. The van der Waals surface area contributed by atoms with Crippen LogP contribution >= 0.6 is 11.6 Å². The van der Waals surface area contributed by atoms with Crippen LogP contribution in [0, 0.1) is 6.92 Å². The molecule has 1 aliphatic heterocycles. The number of carbonyl (C=O) groups excluding carboxylic acids is 2. The quantitative estimate of drug-likeness (QED) is 0.759. The third kappa shape index (κ3) is 4.53. The highest BCUT2D eigenvalue weighted by molar-refractivity contribution is 7.89. The van der Waals surface area contributed by atoms with Gasteiger partial charge in [0.15, 0.2) is 0 Å². The average Bonchev–Trinajstić information content (AvgIpc) is 2.70. The summed E-state index contributed by atoms with van der Waals surface area (Å²) in [6.45, 7) is 1.85. The van der Waals surface area contributed by atoms with Crippen LogP contribution in [0.15, 0.2) is 52.5 Å². The third-order valence-electron chi connectivity index (χ3n) is 4.59. The van der Waals surface area contributed by atoms with Crippen LogP contribution in [0.2, 0.25) is 5.02 Å². The highest BCUT2D eigenvalue weighted by atomic mass is 35.5. The maximum Gasteiger partial charge on any atom is 0.271 e. The first-order valence-electron chi connectivity index (χ1n) is 9.10. The first-order chi connectivity index (χ1) is 14.1. The number of sulfonamides is 1. The monoisotopic (exact) mass is 448 g/mol. The first kappa shape index (κ1) is 21.9. The Balaban J connectivity index is 1.79. The molecule has 158 valence electrons. The number of carbonyl (C=O) groups is 2. The molecule has 30 heavy (non-hydrogen) atoms. The van der Waals surface area contributed by atoms with E-state index < -0.39 is 15.9 Å². The van der Waals surface area contributed by atoms with Crippen molar-refractivity contribution < 1.29 is 18.0 Å². The maximum absolute atomic E-state index is 12.6. The van der Waals surface area contributed by atoms with Gasteiger partial charge in [0.1, 0.15) is 5.71 Å². The highest BCUT2D eigenvalue weighted by Crippen LogP contribution is 2.26. The molecular formula is C20H21ClN4O4S. The number of amides is 2. The summed E-state index contributed by atoms with van der Waals surface area (Å²) in [4.78, 5) is 25.0. The van der Waals surface area contributed by atoms with E-state index in [-0.39, 0.29) is 29.4 Å². The Morgan fingerprint density at radius 2 is 1.80 bits per heavy atom. The molecule has 8 nitrogen and oxygen atoms in total. The molecule has 0 spiro atoms. The SMILES string of the molecule is Cc1ccc(N2N=C(C(=O)Nc3ccc(S(=O)(=O)N(C)C)cc3)CCC2=O)cc1Cl. The predicted molar refractivity (Wildman–Crippen MR) is 116 cm³/mol. The van der Waals surface area contributed by atoms with Gasteiger partial charge in [-0.2, -0.15) is 5.10 Å². The minimum Gasteiger partial charge on any atom is -0.321 e. The standard InChI is InChI=1S/C20H21ClN4O4S/c1-13-4-7-15(12-17(13)21)25-19(26)11-10-18(23-25)20(27)22-14-5-8-16(9-6-14)30(28,29)24(2)3/h4-9,12H,10-11H2,1-3H3,(H,22,27). The maximum atomic E-state index is 12.6. The molecule has 0 aliphatic carbocycles. The van der Waals surface area contributed by atoms with Crippen LogP contribution < -0.4 is 10.3 Å². The lowest BCUT2D eigenvalue weighted by Crippen LogP contribution is -2.36. The Hall–Kier alpha value is -2.75. The van der Waals surface area contributed by atoms with E-state index in [4.69, 9.17) is 11.6 Å². The van der Waals surface area contributed by atoms with Crippen molar-refractivity contribution in [1.29, 1.82) is 0 Å². The molecule has 1 heterocycles. The van der Waals surface area contributed by atoms with Gasteiger partial charge in [0.25, 0.3) is 5.91 Å². The number of nitrogens with zero attached hydrogens (tertiary/aromatic N) is 3. The van der Waals surface area contributed by atoms with Crippen LogP contribution in [-0.4, -0.2) is 44.3 Å². The van der Waals surface area contributed by atoms with Crippen molar-refractivity contribution in [1.82, 2.24) is 4.31 Å². The van der Waals surface area contributed by atoms with Crippen molar-refractivity contribution in [3.63, 3.8) is 0 Å². The van der Waals surface area contributed by atoms with Gasteiger partial charge in [-0.15, -0.1) is 0 Å². The fourth-order valence-corrected chi connectivity index (χ4v) is 3.83. The molecule has 0 fully saturated rings. The van der Waals surface area contributed by atoms with Crippen molar-refractivity contribution in [2.24, 2.45) is 5.10 Å². The largest absolute Gasteiger partial charge is 0.321 e. The summed E-state index contributed by atoms with van der Waals surface area (Å²) >= 11 is 6.14. The lowest BCUT2D eigenvalue weighted by Gasteiger charge is -2.23. The Morgan fingerprint density at radius 1 is 1.13 bits per heavy atom. The number of rotatable bonds is 5. The van der Waals surface area contributed by atoms with Crippen LogP contribution in [0.1, 0.15) is 18.4 Å². The van der Waals surface area contributed by atoms with Gasteiger partial charge in [0, 0.05) is 37.6 Å². The number of nitrogens with one attached hydrogen (secondary N) is 1. The first-order valence-corrected chi connectivity index (χ1v) is 10.9. The van der Waals surface area contributed by atoms with E-state index >= 15 is 0 Å². The Morgan fingerprint density at radius 3 is 2.40 bits per heavy atom. The number of hydrogen-bond donors (Lipinski definition) is 1. The highest BCUT2D eigenvalue weighted by Gasteiger charge is 2.26. The van der Waals surface area contributed by atoms with Gasteiger partial charge in [-0.3, -0.25) is 9.59 Å². The summed E-state index contributed by atoms with van der Waals surface area (Å²) in [5.74, 6) is -0.696. The Kier molecular flexibility index (Phi) is 6.25. The molecule has 10 heteroatoms. The van der Waals surface area contributed by atoms with Gasteiger partial charge in [-0.25, -0.2) is 17.7 Å². The van der Waals surface area contributed by atoms with Gasteiger partial charge in [0.2, 0.25) is 15.9 Å². The van der Waals surface area contributed by atoms with E-state index in [1.807, 2.05) is 6.92 Å². The molecule has 2 aromatic carbocycles. The number of hydrogen-bond acceptors (Lipinski definition) is 5. The van der Waals surface area contributed by atoms with Crippen molar-refractivity contribution >= 4 is 50.5 Å². The Labute approximate surface area is 180 Å². The molecule has 1 N–H and O–H groups in total. The minimum atomic E-state index is -3.55. The molecule has 0 atom stereocenters. The smallest absolute Gasteiger partial charge is 0.271 e. The topological polar surface area (TPSA) is 99.2 Å². The van der Waals surface area contributed by atoms with E-state index in [1.54, 1.807) is 18.2 Å². The van der Waals surface area contributed by atoms with Crippen LogP contribution in [-0.2, 0) is 19.6 Å². The summed E-state index contributed by atoms with van der Waals surface area (Å²) in [7, 11) is -0.661. The van der Waals surface area contributed by atoms with Crippen molar-refractivity contribution in [3.05, 3.63) is 53.1 Å². The summed E-state index contributed by atoms with van der Waals surface area (Å²) in [6.07, 6.45) is 0.339. The van der Waals surface area contributed by atoms with Gasteiger partial charge < -0.3 is 5.32 Å². The van der Waals surface area contributed by atoms with Gasteiger partial charge in [0.05, 0.1) is 10.6 Å². The molecule has 0 bridgehead atoms. The van der Waals surface area contributed by atoms with Crippen LogP contribution in [0.25, 0.3) is 0 Å². The minimum absolute atomic E-state index is 0.119. The second-order valence-electron chi connectivity index (χ2n) is 6.95. The molecule has 3 rings (SSSR count). The predicted octanol–water partition coefficient (Wildman–Crippen LogP) is 3.02. The Bertz CT molecular complexity index is 1130. The van der Waals surface area contributed by atoms with Crippen LogP contribution in [0.5, 0.6) is 0 Å². The molecule has 0 radical (unpaired) electrons. The lowest BCUT2D eigenvalue weighted by atomic mass is 10.1. The van der Waals surface area contributed by atoms with Gasteiger partial charge in [-0.1, -0.05) is 17.7 Å². The number of halogens is 1. The zero-order chi connectivity index (χ0) is 22.1. The molecule has 0 aromatic heterocycles. The third-order valence-corrected chi connectivity index (χ3v) is 6.82. The average molecular weight is 449 g/mol. The molecular weight excluding hydrogens is 428 g/mol. The van der Waals surface area contributed by atoms with Gasteiger partial charge in [-0.05, 0) is 48.9 Å². The molecule has 2 aromatic rings. The van der Waals surface area contributed by atoms with E-state index in [0.29, 0.717) is 16.4 Å². The second kappa shape index (κ2) is 8.55. The number of benzene rings is 2. The fourth-order valence-electron chi connectivity index (χ4n) is 2.76. The van der Waals surface area contributed by atoms with E-state index in [0.717, 1.165) is 9.87 Å². The summed E-state index contributed by atoms with van der Waals surface area (Å²) in [5, 5.41) is 8.57. The molecule has 2 amide bonds. The second-order valence-corrected chi connectivity index (χ2v) is 9.51. The normalized spacial score (nSPS) is 14.6. The lowest BCUT2D eigenvalue weighted by molar-refractivity contribution is -0.118. The van der Waals surface area contributed by atoms with Crippen LogP contribution in [0.4, 0.5) is 11.4 Å². The number of anilines is 2. The summed E-state index contributed by atoms with van der Waals surface area (Å²) in [6, 6.07) is 10.9. The zero-order valence-corrected chi connectivity index (χ0v) is 18.3. The van der Waals surface area contributed by atoms with Crippen molar-refractivity contribution in [3.8, 4) is 0 Å². The van der Waals surface area contributed by atoms with Crippen molar-refractivity contribution in [2.45, 2.75) is 24.7 Å². The van der Waals surface area contributed by atoms with Gasteiger partial charge >= 0.3 is 0 Å². The molecule has 0 saturated heterocycles. The summed E-state index contributed by atoms with van der Waals surface area (Å²) < 4.78 is 25.4.